The van der Waals surface area contributed by atoms with E-state index in [1.165, 1.54) is 0 Å². The van der Waals surface area contributed by atoms with E-state index in [0.717, 1.165) is 5.56 Å². The molecule has 0 aliphatic heterocycles. The lowest BCUT2D eigenvalue weighted by atomic mass is 10.1. The molecule has 0 aliphatic carbocycles. The first-order valence-electron chi connectivity index (χ1n) is 4.69. The summed E-state index contributed by atoms with van der Waals surface area (Å²) in [4.78, 5) is 3.83. The fourth-order valence-electron chi connectivity index (χ4n) is 1.16. The summed E-state index contributed by atoms with van der Waals surface area (Å²) in [5, 5.41) is 9.38. The molecule has 1 aromatic heterocycles. The molecule has 1 aromatic rings. The normalized spacial score (nSPS) is 13.8. The number of aliphatic hydroxyl groups excluding tert-OH is 1. The summed E-state index contributed by atoms with van der Waals surface area (Å²) >= 11 is 0. The number of alkyl halides is 3. The number of rotatable bonds is 5. The lowest BCUT2D eigenvalue weighted by Gasteiger charge is -2.12. The van der Waals surface area contributed by atoms with Gasteiger partial charge < -0.3 is 9.84 Å². The zero-order chi connectivity index (χ0) is 12.0. The number of hydrogen-bond donors (Lipinski definition) is 1. The Morgan fingerprint density at radius 2 is 2.19 bits per heavy atom. The summed E-state index contributed by atoms with van der Waals surface area (Å²) in [5.41, 5.74) is 0.755. The molecule has 0 spiro atoms. The third-order valence-corrected chi connectivity index (χ3v) is 1.77. The fourth-order valence-corrected chi connectivity index (χ4v) is 1.16. The minimum absolute atomic E-state index is 0.228. The van der Waals surface area contributed by atoms with Gasteiger partial charge in [-0.2, -0.15) is 13.2 Å². The molecular formula is C10H12F3NO2. The van der Waals surface area contributed by atoms with Crippen molar-refractivity contribution in [3.8, 4) is 0 Å². The first kappa shape index (κ1) is 12.9. The molecule has 16 heavy (non-hydrogen) atoms. The number of aliphatic hydroxyl groups is 1. The van der Waals surface area contributed by atoms with Crippen molar-refractivity contribution in [2.45, 2.75) is 18.7 Å². The van der Waals surface area contributed by atoms with E-state index in [9.17, 15) is 18.3 Å². The van der Waals surface area contributed by atoms with Gasteiger partial charge in [0.25, 0.3) is 0 Å². The van der Waals surface area contributed by atoms with Crippen LogP contribution in [0.2, 0.25) is 0 Å². The second-order valence-corrected chi connectivity index (χ2v) is 3.35. The Morgan fingerprint density at radius 1 is 1.44 bits per heavy atom. The van der Waals surface area contributed by atoms with Gasteiger partial charge in [-0.1, -0.05) is 6.07 Å². The number of aromatic nitrogens is 1. The first-order chi connectivity index (χ1) is 7.47. The second-order valence-electron chi connectivity index (χ2n) is 3.35. The highest BCUT2D eigenvalue weighted by atomic mass is 19.4. The first-order valence-corrected chi connectivity index (χ1v) is 4.69. The lowest BCUT2D eigenvalue weighted by Crippen LogP contribution is -2.24. The molecule has 0 aliphatic rings. The van der Waals surface area contributed by atoms with Gasteiger partial charge in [0.05, 0.1) is 12.7 Å². The zero-order valence-electron chi connectivity index (χ0n) is 8.44. The van der Waals surface area contributed by atoms with Crippen LogP contribution in [0.15, 0.2) is 24.5 Å². The maximum absolute atomic E-state index is 11.7. The minimum atomic E-state index is -4.35. The van der Waals surface area contributed by atoms with Crippen molar-refractivity contribution in [1.82, 2.24) is 4.98 Å². The van der Waals surface area contributed by atoms with Gasteiger partial charge in [0, 0.05) is 18.8 Å². The average molecular weight is 235 g/mol. The lowest BCUT2D eigenvalue weighted by molar-refractivity contribution is -0.179. The van der Waals surface area contributed by atoms with Crippen LogP contribution in [0.25, 0.3) is 0 Å². The molecule has 90 valence electrons. The molecule has 0 fully saturated rings. The third-order valence-electron chi connectivity index (χ3n) is 1.77. The predicted molar refractivity (Wildman–Crippen MR) is 50.8 cm³/mol. The fraction of sp³-hybridized carbons (Fsp3) is 0.500. The molecule has 0 saturated carbocycles. The van der Waals surface area contributed by atoms with Crippen LogP contribution in [0.3, 0.4) is 0 Å². The summed E-state index contributed by atoms with van der Waals surface area (Å²) < 4.78 is 39.5. The molecular weight excluding hydrogens is 223 g/mol. The zero-order valence-corrected chi connectivity index (χ0v) is 8.44. The molecule has 1 heterocycles. The van der Waals surface area contributed by atoms with Crippen LogP contribution in [0.1, 0.15) is 5.56 Å². The number of pyridine rings is 1. The number of ether oxygens (including phenoxy) is 1. The Morgan fingerprint density at radius 3 is 2.75 bits per heavy atom. The maximum atomic E-state index is 11.7. The molecule has 0 aromatic carbocycles. The molecule has 1 N–H and O–H groups in total. The summed E-state index contributed by atoms with van der Waals surface area (Å²) in [6.07, 6.45) is -1.95. The van der Waals surface area contributed by atoms with Crippen LogP contribution in [0.5, 0.6) is 0 Å². The number of hydrogen-bond acceptors (Lipinski definition) is 3. The van der Waals surface area contributed by atoms with E-state index in [1.54, 1.807) is 24.5 Å². The second kappa shape index (κ2) is 5.81. The smallest absolute Gasteiger partial charge is 0.390 e. The van der Waals surface area contributed by atoms with Gasteiger partial charge >= 0.3 is 6.18 Å². The quantitative estimate of drug-likeness (QED) is 0.842. The molecule has 1 unspecified atom stereocenters. The third kappa shape index (κ3) is 5.67. The van der Waals surface area contributed by atoms with Gasteiger partial charge in [0.1, 0.15) is 6.61 Å². The van der Waals surface area contributed by atoms with Gasteiger partial charge in [-0.3, -0.25) is 4.98 Å². The van der Waals surface area contributed by atoms with Crippen LogP contribution in [0.4, 0.5) is 13.2 Å². The van der Waals surface area contributed by atoms with E-state index in [2.05, 4.69) is 9.72 Å². The van der Waals surface area contributed by atoms with Crippen molar-refractivity contribution >= 4 is 0 Å². The Kier molecular flexibility index (Phi) is 4.70. The van der Waals surface area contributed by atoms with Gasteiger partial charge in [-0.25, -0.2) is 0 Å². The van der Waals surface area contributed by atoms with E-state index >= 15 is 0 Å². The largest absolute Gasteiger partial charge is 0.411 e. The molecule has 0 amide bonds. The highest BCUT2D eigenvalue weighted by Gasteiger charge is 2.27. The molecule has 3 nitrogen and oxygen atoms in total. The Hall–Kier alpha value is -1.14. The van der Waals surface area contributed by atoms with Crippen LogP contribution < -0.4 is 0 Å². The number of nitrogens with zero attached hydrogens (tertiary/aromatic N) is 1. The maximum Gasteiger partial charge on any atom is 0.411 e. The standard InChI is InChI=1S/C10H12F3NO2/c11-10(12,13)7-16-6-9(15)4-8-2-1-3-14-5-8/h1-3,5,9,15H,4,6-7H2. The molecule has 0 radical (unpaired) electrons. The van der Waals surface area contributed by atoms with E-state index in [4.69, 9.17) is 0 Å². The van der Waals surface area contributed by atoms with Gasteiger partial charge in [-0.05, 0) is 11.6 Å². The van der Waals surface area contributed by atoms with Crippen LogP contribution in [-0.4, -0.2) is 35.6 Å². The van der Waals surface area contributed by atoms with E-state index < -0.39 is 18.9 Å². The van der Waals surface area contributed by atoms with Crippen molar-refractivity contribution in [3.63, 3.8) is 0 Å². The highest BCUT2D eigenvalue weighted by molar-refractivity contribution is 5.09. The molecule has 1 rings (SSSR count). The van der Waals surface area contributed by atoms with Crippen molar-refractivity contribution in [2.75, 3.05) is 13.2 Å². The average Bonchev–Trinajstić information content (AvgIpc) is 2.17. The topological polar surface area (TPSA) is 42.4 Å². The van der Waals surface area contributed by atoms with Gasteiger partial charge in [-0.15, -0.1) is 0 Å². The van der Waals surface area contributed by atoms with Crippen LogP contribution >= 0.6 is 0 Å². The van der Waals surface area contributed by atoms with Crippen LogP contribution in [-0.2, 0) is 11.2 Å². The van der Waals surface area contributed by atoms with Crippen molar-refractivity contribution < 1.29 is 23.0 Å². The summed E-state index contributed by atoms with van der Waals surface area (Å²) in [7, 11) is 0. The van der Waals surface area contributed by atoms with Gasteiger partial charge in [0.2, 0.25) is 0 Å². The minimum Gasteiger partial charge on any atom is -0.390 e. The van der Waals surface area contributed by atoms with Crippen LogP contribution in [0, 0.1) is 0 Å². The Bertz CT molecular complexity index is 303. The SMILES string of the molecule is OC(COCC(F)(F)F)Cc1cccnc1. The van der Waals surface area contributed by atoms with Crippen molar-refractivity contribution in [2.24, 2.45) is 0 Å². The molecule has 6 heteroatoms. The van der Waals surface area contributed by atoms with Crippen molar-refractivity contribution in [3.05, 3.63) is 30.1 Å². The predicted octanol–water partition coefficient (Wildman–Crippen LogP) is 1.56. The number of halogens is 3. The summed E-state index contributed by atoms with van der Waals surface area (Å²) in [5.74, 6) is 0. The highest BCUT2D eigenvalue weighted by Crippen LogP contribution is 2.14. The van der Waals surface area contributed by atoms with E-state index in [1.807, 2.05) is 0 Å². The molecule has 1 atom stereocenters. The Labute approximate surface area is 90.9 Å². The molecule has 0 bridgehead atoms. The molecule has 0 saturated heterocycles. The Balaban J connectivity index is 2.24. The monoisotopic (exact) mass is 235 g/mol. The summed E-state index contributed by atoms with van der Waals surface area (Å²) in [6, 6.07) is 3.43. The summed E-state index contributed by atoms with van der Waals surface area (Å²) in [6.45, 7) is -1.68. The van der Waals surface area contributed by atoms with Crippen molar-refractivity contribution in [1.29, 1.82) is 0 Å². The van der Waals surface area contributed by atoms with Gasteiger partial charge in [0.15, 0.2) is 0 Å². The van der Waals surface area contributed by atoms with E-state index in [-0.39, 0.29) is 13.0 Å². The van der Waals surface area contributed by atoms with E-state index in [0.29, 0.717) is 0 Å².